The molecule has 0 aromatic heterocycles. The maximum Gasteiger partial charge on any atom is 0.254 e. The fourth-order valence-electron chi connectivity index (χ4n) is 3.92. The number of nitrogens with zero attached hydrogens (tertiary/aromatic N) is 1. The Kier molecular flexibility index (Phi) is 5.99. The van der Waals surface area contributed by atoms with E-state index in [0.717, 1.165) is 29.0 Å². The van der Waals surface area contributed by atoms with Crippen molar-refractivity contribution in [1.82, 2.24) is 4.90 Å². The summed E-state index contributed by atoms with van der Waals surface area (Å²) in [5, 5.41) is 0. The molecule has 4 rings (SSSR count). The van der Waals surface area contributed by atoms with Gasteiger partial charge in [-0.05, 0) is 50.1 Å². The zero-order chi connectivity index (χ0) is 21.8. The number of carbonyl (C=O) groups is 1. The molecule has 0 saturated heterocycles. The van der Waals surface area contributed by atoms with E-state index < -0.39 is 0 Å². The van der Waals surface area contributed by atoms with E-state index in [1.165, 1.54) is 5.56 Å². The molecule has 0 fully saturated rings. The summed E-state index contributed by atoms with van der Waals surface area (Å²) in [6.07, 6.45) is 0.882. The van der Waals surface area contributed by atoms with Crippen LogP contribution in [0.15, 0.2) is 72.8 Å². The monoisotopic (exact) mass is 415 g/mol. The van der Waals surface area contributed by atoms with Crippen LogP contribution in [0.2, 0.25) is 0 Å². The van der Waals surface area contributed by atoms with Crippen molar-refractivity contribution in [2.75, 3.05) is 6.54 Å². The fraction of sp³-hybridized carbons (Fsp3) is 0.296. The van der Waals surface area contributed by atoms with E-state index in [9.17, 15) is 4.79 Å². The first kappa shape index (κ1) is 21.0. The summed E-state index contributed by atoms with van der Waals surface area (Å²) in [6.45, 7) is 7.87. The molecule has 0 radical (unpaired) electrons. The molecule has 160 valence electrons. The van der Waals surface area contributed by atoms with Gasteiger partial charge in [0.1, 0.15) is 12.2 Å². The lowest BCUT2D eigenvalue weighted by Crippen LogP contribution is -2.30. The summed E-state index contributed by atoms with van der Waals surface area (Å²) in [4.78, 5) is 14.8. The van der Waals surface area contributed by atoms with E-state index in [1.807, 2.05) is 78.6 Å². The van der Waals surface area contributed by atoms with Gasteiger partial charge in [0, 0.05) is 30.6 Å². The average Bonchev–Trinajstić information content (AvgIpc) is 3.11. The molecule has 0 unspecified atom stereocenters. The Labute approximate surface area is 184 Å². The van der Waals surface area contributed by atoms with E-state index in [-0.39, 0.29) is 11.5 Å². The number of benzene rings is 3. The van der Waals surface area contributed by atoms with Gasteiger partial charge in [-0.15, -0.1) is 0 Å². The van der Waals surface area contributed by atoms with Crippen LogP contribution in [0.25, 0.3) is 0 Å². The van der Waals surface area contributed by atoms with Crippen molar-refractivity contribution in [2.24, 2.45) is 0 Å². The smallest absolute Gasteiger partial charge is 0.254 e. The van der Waals surface area contributed by atoms with Crippen molar-refractivity contribution in [2.45, 2.75) is 45.9 Å². The highest BCUT2D eigenvalue weighted by Crippen LogP contribution is 2.41. The number of rotatable bonds is 7. The molecule has 0 N–H and O–H groups in total. The van der Waals surface area contributed by atoms with E-state index in [1.54, 1.807) is 0 Å². The van der Waals surface area contributed by atoms with Crippen LogP contribution in [-0.2, 0) is 19.6 Å². The van der Waals surface area contributed by atoms with Gasteiger partial charge in [0.25, 0.3) is 5.91 Å². The molecular formula is C27H29NO3. The van der Waals surface area contributed by atoms with Crippen molar-refractivity contribution in [1.29, 1.82) is 0 Å². The molecule has 0 spiro atoms. The van der Waals surface area contributed by atoms with Crippen LogP contribution in [0.4, 0.5) is 0 Å². The first-order chi connectivity index (χ1) is 14.9. The predicted molar refractivity (Wildman–Crippen MR) is 122 cm³/mol. The number of para-hydroxylation sites is 1. The normalized spacial score (nSPS) is 13.9. The molecule has 0 aliphatic carbocycles. The largest absolute Gasteiger partial charge is 0.485 e. The van der Waals surface area contributed by atoms with E-state index in [0.29, 0.717) is 25.3 Å². The Morgan fingerprint density at radius 1 is 0.968 bits per heavy atom. The van der Waals surface area contributed by atoms with E-state index in [4.69, 9.17) is 9.47 Å². The standard InChI is InChI=1S/C27H29NO3/c1-4-28(18-20-9-6-5-7-10-20)26(29)22-15-13-21(14-16-22)19-30-24-12-8-11-23-17-27(2,3)31-25(23)24/h5-16H,4,17-19H2,1-3H3. The van der Waals surface area contributed by atoms with Gasteiger partial charge >= 0.3 is 0 Å². The van der Waals surface area contributed by atoms with Gasteiger partial charge < -0.3 is 14.4 Å². The summed E-state index contributed by atoms with van der Waals surface area (Å²) >= 11 is 0. The summed E-state index contributed by atoms with van der Waals surface area (Å²) in [5.74, 6) is 1.65. The van der Waals surface area contributed by atoms with Crippen molar-refractivity contribution in [3.8, 4) is 11.5 Å². The van der Waals surface area contributed by atoms with Gasteiger partial charge in [-0.2, -0.15) is 0 Å². The van der Waals surface area contributed by atoms with E-state index >= 15 is 0 Å². The Balaban J connectivity index is 1.40. The Bertz CT molecular complexity index is 1040. The van der Waals surface area contributed by atoms with Gasteiger partial charge in [0.05, 0.1) is 0 Å². The summed E-state index contributed by atoms with van der Waals surface area (Å²) < 4.78 is 12.1. The lowest BCUT2D eigenvalue weighted by Gasteiger charge is -2.21. The maximum atomic E-state index is 12.9. The number of hydrogen-bond donors (Lipinski definition) is 0. The number of carbonyl (C=O) groups excluding carboxylic acids is 1. The quantitative estimate of drug-likeness (QED) is 0.501. The van der Waals surface area contributed by atoms with Gasteiger partial charge in [-0.1, -0.05) is 54.6 Å². The molecule has 4 heteroatoms. The Morgan fingerprint density at radius 3 is 2.42 bits per heavy atom. The minimum absolute atomic E-state index is 0.0373. The minimum Gasteiger partial charge on any atom is -0.485 e. The zero-order valence-electron chi connectivity index (χ0n) is 18.4. The van der Waals surface area contributed by atoms with Crippen LogP contribution in [0.1, 0.15) is 47.8 Å². The van der Waals surface area contributed by atoms with Gasteiger partial charge in [0.15, 0.2) is 11.5 Å². The minimum atomic E-state index is -0.200. The Morgan fingerprint density at radius 2 is 1.71 bits per heavy atom. The van der Waals surface area contributed by atoms with Crippen LogP contribution >= 0.6 is 0 Å². The second-order valence-corrected chi connectivity index (χ2v) is 8.57. The predicted octanol–water partition coefficient (Wildman–Crippen LogP) is 5.64. The average molecular weight is 416 g/mol. The molecular weight excluding hydrogens is 386 g/mol. The van der Waals surface area contributed by atoms with Crippen molar-refractivity contribution >= 4 is 5.91 Å². The van der Waals surface area contributed by atoms with Crippen molar-refractivity contribution in [3.05, 3.63) is 95.1 Å². The first-order valence-corrected chi connectivity index (χ1v) is 10.8. The third-order valence-electron chi connectivity index (χ3n) is 5.54. The van der Waals surface area contributed by atoms with Crippen LogP contribution in [0.5, 0.6) is 11.5 Å². The summed E-state index contributed by atoms with van der Waals surface area (Å²) in [6, 6.07) is 23.8. The number of ether oxygens (including phenoxy) is 2. The maximum absolute atomic E-state index is 12.9. The third-order valence-corrected chi connectivity index (χ3v) is 5.54. The second kappa shape index (κ2) is 8.84. The second-order valence-electron chi connectivity index (χ2n) is 8.57. The molecule has 4 nitrogen and oxygen atoms in total. The van der Waals surface area contributed by atoms with Gasteiger partial charge in [-0.25, -0.2) is 0 Å². The molecule has 3 aromatic rings. The molecule has 0 atom stereocenters. The molecule has 0 bridgehead atoms. The fourth-order valence-corrected chi connectivity index (χ4v) is 3.92. The number of hydrogen-bond acceptors (Lipinski definition) is 3. The van der Waals surface area contributed by atoms with Crippen LogP contribution < -0.4 is 9.47 Å². The van der Waals surface area contributed by atoms with E-state index in [2.05, 4.69) is 19.9 Å². The van der Waals surface area contributed by atoms with Crippen LogP contribution in [0.3, 0.4) is 0 Å². The highest BCUT2D eigenvalue weighted by molar-refractivity contribution is 5.94. The lowest BCUT2D eigenvalue weighted by molar-refractivity contribution is 0.0752. The molecule has 1 aliphatic heterocycles. The zero-order valence-corrected chi connectivity index (χ0v) is 18.4. The molecule has 31 heavy (non-hydrogen) atoms. The first-order valence-electron chi connectivity index (χ1n) is 10.8. The molecule has 0 saturated carbocycles. The summed E-state index contributed by atoms with van der Waals surface area (Å²) in [7, 11) is 0. The SMILES string of the molecule is CCN(Cc1ccccc1)C(=O)c1ccc(COc2cccc3c2OC(C)(C)C3)cc1. The lowest BCUT2D eigenvalue weighted by atomic mass is 10.0. The van der Waals surface area contributed by atoms with Crippen molar-refractivity contribution in [3.63, 3.8) is 0 Å². The number of fused-ring (bicyclic) bond motifs is 1. The Hall–Kier alpha value is -3.27. The third kappa shape index (κ3) is 4.91. The molecule has 1 amide bonds. The van der Waals surface area contributed by atoms with Crippen molar-refractivity contribution < 1.29 is 14.3 Å². The molecule has 1 heterocycles. The number of amides is 1. The molecule has 3 aromatic carbocycles. The molecule has 1 aliphatic rings. The summed E-state index contributed by atoms with van der Waals surface area (Å²) in [5.41, 5.74) is 3.81. The van der Waals surface area contributed by atoms with Crippen LogP contribution in [-0.4, -0.2) is 23.0 Å². The highest BCUT2D eigenvalue weighted by atomic mass is 16.5. The van der Waals surface area contributed by atoms with Gasteiger partial charge in [-0.3, -0.25) is 4.79 Å². The topological polar surface area (TPSA) is 38.8 Å². The van der Waals surface area contributed by atoms with Crippen LogP contribution in [0, 0.1) is 0 Å². The van der Waals surface area contributed by atoms with Gasteiger partial charge in [0.2, 0.25) is 0 Å². The highest BCUT2D eigenvalue weighted by Gasteiger charge is 2.32.